The Morgan fingerprint density at radius 2 is 1.76 bits per heavy atom. The molecule has 0 saturated heterocycles. The lowest BCUT2D eigenvalue weighted by molar-refractivity contribution is -0.138. The lowest BCUT2D eigenvalue weighted by Crippen LogP contribution is -2.46. The molecule has 100 valence electrons. The molecular formula is C9H19N3O5. The number of aliphatic carboxylic acids is 1. The second kappa shape index (κ2) is 8.74. The molecular weight excluding hydrogens is 230 g/mol. The number of carboxylic acids is 1. The number of urea groups is 1. The van der Waals surface area contributed by atoms with Gasteiger partial charge in [0, 0.05) is 32.2 Å². The molecule has 0 bridgehead atoms. The fourth-order valence-corrected chi connectivity index (χ4v) is 0.983. The highest BCUT2D eigenvalue weighted by atomic mass is 16.4. The first kappa shape index (κ1) is 15.6. The van der Waals surface area contributed by atoms with Crippen LogP contribution in [0.3, 0.4) is 0 Å². The molecule has 0 unspecified atom stereocenters. The lowest BCUT2D eigenvalue weighted by Gasteiger charge is -2.12. The zero-order valence-corrected chi connectivity index (χ0v) is 9.43. The summed E-state index contributed by atoms with van der Waals surface area (Å²) in [7, 11) is 0. The van der Waals surface area contributed by atoms with Crippen LogP contribution in [0.25, 0.3) is 0 Å². The van der Waals surface area contributed by atoms with E-state index in [9.17, 15) is 9.59 Å². The Morgan fingerprint density at radius 1 is 1.18 bits per heavy atom. The summed E-state index contributed by atoms with van der Waals surface area (Å²) in [6, 6.07) is -1.67. The van der Waals surface area contributed by atoms with Crippen molar-refractivity contribution in [2.45, 2.75) is 12.5 Å². The molecule has 0 saturated carbocycles. The van der Waals surface area contributed by atoms with Crippen LogP contribution >= 0.6 is 0 Å². The average Bonchev–Trinajstić information content (AvgIpc) is 2.31. The van der Waals surface area contributed by atoms with E-state index in [0.717, 1.165) is 0 Å². The number of hydrogen-bond acceptors (Lipinski definition) is 5. The molecule has 0 rings (SSSR count). The molecule has 17 heavy (non-hydrogen) atoms. The standard InChI is InChI=1S/C9H19N3O5/c10-7(8(15)16)3-12-9(17)11-2-1-6(4-13)5-14/h6-7,13-14H,1-5,10H2,(H,15,16)(H2,11,12,17)/t7-/m0/s1. The summed E-state index contributed by atoms with van der Waals surface area (Å²) >= 11 is 0. The van der Waals surface area contributed by atoms with Crippen LogP contribution in [0.4, 0.5) is 4.79 Å². The molecule has 0 aliphatic carbocycles. The fourth-order valence-electron chi connectivity index (χ4n) is 0.983. The molecule has 2 amide bonds. The molecule has 1 atom stereocenters. The molecule has 0 radical (unpaired) electrons. The summed E-state index contributed by atoms with van der Waals surface area (Å²) in [5, 5.41) is 30.7. The minimum absolute atomic E-state index is 0.149. The van der Waals surface area contributed by atoms with E-state index in [-0.39, 0.29) is 32.2 Å². The van der Waals surface area contributed by atoms with Crippen molar-refractivity contribution in [1.29, 1.82) is 0 Å². The van der Waals surface area contributed by atoms with Gasteiger partial charge in [-0.3, -0.25) is 4.79 Å². The van der Waals surface area contributed by atoms with Crippen molar-refractivity contribution in [2.24, 2.45) is 11.7 Å². The van der Waals surface area contributed by atoms with Crippen LogP contribution in [-0.4, -0.2) is 59.7 Å². The molecule has 0 fully saturated rings. The number of nitrogens with two attached hydrogens (primary N) is 1. The van der Waals surface area contributed by atoms with E-state index in [1.54, 1.807) is 0 Å². The number of nitrogens with one attached hydrogen (secondary N) is 2. The quantitative estimate of drug-likeness (QED) is 0.285. The van der Waals surface area contributed by atoms with Gasteiger partial charge in [0.2, 0.25) is 0 Å². The van der Waals surface area contributed by atoms with Gasteiger partial charge in [0.1, 0.15) is 6.04 Å². The van der Waals surface area contributed by atoms with Crippen LogP contribution in [0.2, 0.25) is 0 Å². The van der Waals surface area contributed by atoms with Crippen molar-refractivity contribution < 1.29 is 24.9 Å². The van der Waals surface area contributed by atoms with E-state index in [1.165, 1.54) is 0 Å². The lowest BCUT2D eigenvalue weighted by atomic mass is 10.1. The van der Waals surface area contributed by atoms with Crippen molar-refractivity contribution in [3.8, 4) is 0 Å². The highest BCUT2D eigenvalue weighted by Crippen LogP contribution is 1.98. The number of carbonyl (C=O) groups is 2. The Hall–Kier alpha value is -1.38. The van der Waals surface area contributed by atoms with E-state index >= 15 is 0 Å². The molecule has 0 aromatic heterocycles. The number of aliphatic hydroxyl groups excluding tert-OH is 2. The van der Waals surface area contributed by atoms with Crippen LogP contribution in [0.1, 0.15) is 6.42 Å². The second-order valence-electron chi connectivity index (χ2n) is 3.60. The van der Waals surface area contributed by atoms with E-state index in [2.05, 4.69) is 10.6 Å². The van der Waals surface area contributed by atoms with Gasteiger partial charge in [-0.15, -0.1) is 0 Å². The predicted octanol–water partition coefficient (Wildman–Crippen LogP) is -2.31. The summed E-state index contributed by atoms with van der Waals surface area (Å²) < 4.78 is 0. The minimum atomic E-state index is -1.19. The number of amides is 2. The van der Waals surface area contributed by atoms with Crippen LogP contribution in [0, 0.1) is 5.92 Å². The van der Waals surface area contributed by atoms with Crippen molar-refractivity contribution in [3.63, 3.8) is 0 Å². The summed E-state index contributed by atoms with van der Waals surface area (Å²) in [5.41, 5.74) is 5.18. The largest absolute Gasteiger partial charge is 0.480 e. The van der Waals surface area contributed by atoms with Crippen LogP contribution in [0.15, 0.2) is 0 Å². The molecule has 8 nitrogen and oxygen atoms in total. The van der Waals surface area contributed by atoms with Gasteiger partial charge >= 0.3 is 12.0 Å². The summed E-state index contributed by atoms with van der Waals surface area (Å²) in [6.45, 7) is -0.183. The first-order valence-electron chi connectivity index (χ1n) is 5.23. The molecule has 8 heteroatoms. The van der Waals surface area contributed by atoms with Gasteiger partial charge in [0.05, 0.1) is 0 Å². The van der Waals surface area contributed by atoms with Gasteiger partial charge in [-0.05, 0) is 6.42 Å². The number of hydrogen-bond donors (Lipinski definition) is 6. The van der Waals surface area contributed by atoms with Gasteiger partial charge in [0.15, 0.2) is 0 Å². The van der Waals surface area contributed by atoms with Gasteiger partial charge in [-0.2, -0.15) is 0 Å². The van der Waals surface area contributed by atoms with E-state index < -0.39 is 18.0 Å². The molecule has 0 aliphatic rings. The van der Waals surface area contributed by atoms with Gasteiger partial charge < -0.3 is 31.7 Å². The summed E-state index contributed by atoms with van der Waals surface area (Å²) in [4.78, 5) is 21.5. The third-order valence-corrected chi connectivity index (χ3v) is 2.15. The van der Waals surface area contributed by atoms with E-state index in [1.807, 2.05) is 0 Å². The highest BCUT2D eigenvalue weighted by Gasteiger charge is 2.12. The third kappa shape index (κ3) is 7.50. The van der Waals surface area contributed by atoms with E-state index in [0.29, 0.717) is 6.42 Å². The average molecular weight is 249 g/mol. The monoisotopic (exact) mass is 249 g/mol. The fraction of sp³-hybridized carbons (Fsp3) is 0.778. The maximum absolute atomic E-state index is 11.1. The Labute approximate surface area is 98.8 Å². The zero-order valence-electron chi connectivity index (χ0n) is 9.43. The molecule has 7 N–H and O–H groups in total. The van der Waals surface area contributed by atoms with Gasteiger partial charge in [0.25, 0.3) is 0 Å². The Kier molecular flexibility index (Phi) is 8.03. The first-order valence-corrected chi connectivity index (χ1v) is 5.23. The maximum atomic E-state index is 11.1. The Balaban J connectivity index is 3.63. The maximum Gasteiger partial charge on any atom is 0.322 e. The molecule has 0 heterocycles. The van der Waals surface area contributed by atoms with Crippen molar-refractivity contribution in [1.82, 2.24) is 10.6 Å². The number of carbonyl (C=O) groups excluding carboxylic acids is 1. The van der Waals surface area contributed by atoms with E-state index in [4.69, 9.17) is 21.1 Å². The molecule has 0 spiro atoms. The Morgan fingerprint density at radius 3 is 2.24 bits per heavy atom. The number of rotatable bonds is 8. The minimum Gasteiger partial charge on any atom is -0.480 e. The Bertz CT molecular complexity index is 245. The van der Waals surface area contributed by atoms with Crippen molar-refractivity contribution in [2.75, 3.05) is 26.3 Å². The summed E-state index contributed by atoms with van der Waals surface area (Å²) in [6.07, 6.45) is 0.436. The van der Waals surface area contributed by atoms with Crippen LogP contribution in [-0.2, 0) is 4.79 Å². The first-order chi connectivity index (χ1) is 8.01. The zero-order chi connectivity index (χ0) is 13.3. The molecule has 0 aliphatic heterocycles. The van der Waals surface area contributed by atoms with Crippen LogP contribution in [0.5, 0.6) is 0 Å². The topological polar surface area (TPSA) is 145 Å². The molecule has 0 aromatic rings. The highest BCUT2D eigenvalue weighted by molar-refractivity contribution is 5.77. The number of carboxylic acid groups (broad SMARTS) is 1. The van der Waals surface area contributed by atoms with Crippen molar-refractivity contribution >= 4 is 12.0 Å². The predicted molar refractivity (Wildman–Crippen MR) is 59.3 cm³/mol. The van der Waals surface area contributed by atoms with Gasteiger partial charge in [-0.25, -0.2) is 4.79 Å². The third-order valence-electron chi connectivity index (χ3n) is 2.15. The van der Waals surface area contributed by atoms with Gasteiger partial charge in [-0.1, -0.05) is 0 Å². The molecule has 0 aromatic carbocycles. The second-order valence-corrected chi connectivity index (χ2v) is 3.60. The van der Waals surface area contributed by atoms with Crippen LogP contribution < -0.4 is 16.4 Å². The number of aliphatic hydroxyl groups is 2. The smallest absolute Gasteiger partial charge is 0.322 e. The SMILES string of the molecule is N[C@@H](CNC(=O)NCCC(CO)CO)C(=O)O. The summed E-state index contributed by atoms with van der Waals surface area (Å²) in [5.74, 6) is -1.46. The normalized spacial score (nSPS) is 12.2. The van der Waals surface area contributed by atoms with Crippen molar-refractivity contribution in [3.05, 3.63) is 0 Å².